The van der Waals surface area contributed by atoms with Crippen LogP contribution in [-0.4, -0.2) is 63.3 Å². The molecular formula is C15H25NO6. The van der Waals surface area contributed by atoms with Crippen molar-refractivity contribution < 1.29 is 28.5 Å². The number of nitrogens with zero attached hydrogens (tertiary/aromatic N) is 1. The lowest BCUT2D eigenvalue weighted by Gasteiger charge is -2.46. The van der Waals surface area contributed by atoms with Gasteiger partial charge in [-0.15, -0.1) is 6.58 Å². The van der Waals surface area contributed by atoms with Crippen LogP contribution in [0.1, 0.15) is 19.8 Å². The molecule has 0 aromatic rings. The van der Waals surface area contributed by atoms with Crippen molar-refractivity contribution in [1.82, 2.24) is 4.90 Å². The summed E-state index contributed by atoms with van der Waals surface area (Å²) in [5.41, 5.74) is 0. The van der Waals surface area contributed by atoms with E-state index in [0.29, 0.717) is 6.42 Å². The first-order chi connectivity index (χ1) is 10.5. The summed E-state index contributed by atoms with van der Waals surface area (Å²) in [6, 6.07) is -0.622. The fraction of sp³-hybridized carbons (Fsp3) is 0.733. The van der Waals surface area contributed by atoms with E-state index in [2.05, 4.69) is 6.58 Å². The van der Waals surface area contributed by atoms with Crippen LogP contribution >= 0.6 is 0 Å². The maximum absolute atomic E-state index is 12.2. The molecule has 7 heteroatoms. The molecule has 22 heavy (non-hydrogen) atoms. The Balaban J connectivity index is 3.02. The first-order valence-corrected chi connectivity index (χ1v) is 7.16. The van der Waals surface area contributed by atoms with Gasteiger partial charge in [-0.3, -0.25) is 9.69 Å². The lowest BCUT2D eigenvalue weighted by atomic mass is 9.82. The molecule has 0 N–H and O–H groups in total. The van der Waals surface area contributed by atoms with Crippen LogP contribution in [0.2, 0.25) is 0 Å². The summed E-state index contributed by atoms with van der Waals surface area (Å²) in [7, 11) is 4.17. The molecule has 0 aromatic heterocycles. The van der Waals surface area contributed by atoms with Crippen LogP contribution in [0.3, 0.4) is 0 Å². The molecule has 1 fully saturated rings. The number of hydrogen-bond acceptors (Lipinski definition) is 6. The maximum atomic E-state index is 12.2. The summed E-state index contributed by atoms with van der Waals surface area (Å²) in [4.78, 5) is 25.4. The van der Waals surface area contributed by atoms with Gasteiger partial charge in [0.05, 0.1) is 38.8 Å². The van der Waals surface area contributed by atoms with Crippen molar-refractivity contribution in [3.05, 3.63) is 12.7 Å². The fourth-order valence-electron chi connectivity index (χ4n) is 2.84. The molecule has 1 heterocycles. The quantitative estimate of drug-likeness (QED) is 0.421. The first-order valence-electron chi connectivity index (χ1n) is 7.16. The van der Waals surface area contributed by atoms with Gasteiger partial charge in [0.1, 0.15) is 6.79 Å². The molecule has 1 aliphatic rings. The molecule has 0 aromatic carbocycles. The van der Waals surface area contributed by atoms with Crippen molar-refractivity contribution in [1.29, 1.82) is 0 Å². The van der Waals surface area contributed by atoms with Crippen molar-refractivity contribution >= 4 is 12.1 Å². The zero-order valence-electron chi connectivity index (χ0n) is 13.6. The summed E-state index contributed by atoms with van der Waals surface area (Å²) in [6.07, 6.45) is 1.74. The van der Waals surface area contributed by atoms with E-state index in [1.165, 1.54) is 26.2 Å². The molecule has 4 atom stereocenters. The van der Waals surface area contributed by atoms with E-state index >= 15 is 0 Å². The summed E-state index contributed by atoms with van der Waals surface area (Å²) < 4.78 is 20.2. The maximum Gasteiger partial charge on any atom is 0.410 e. The van der Waals surface area contributed by atoms with Gasteiger partial charge in [0.15, 0.2) is 0 Å². The van der Waals surface area contributed by atoms with Gasteiger partial charge < -0.3 is 18.9 Å². The molecule has 0 bridgehead atoms. The topological polar surface area (TPSA) is 74.3 Å². The number of ether oxygens (including phenoxy) is 4. The van der Waals surface area contributed by atoms with Crippen molar-refractivity contribution in [3.8, 4) is 0 Å². The molecule has 0 saturated carbocycles. The number of piperidine rings is 1. The highest BCUT2D eigenvalue weighted by atomic mass is 16.7. The average molecular weight is 315 g/mol. The SMILES string of the molecule is C=C[C@H]1C[C@H](OCOC)[C@H](C)N(C(=O)OC)[C@@H]1CC(=O)OC. The van der Waals surface area contributed by atoms with Gasteiger partial charge >= 0.3 is 12.1 Å². The van der Waals surface area contributed by atoms with E-state index in [1.807, 2.05) is 6.92 Å². The van der Waals surface area contributed by atoms with Crippen molar-refractivity contribution in [2.75, 3.05) is 28.1 Å². The Labute approximate surface area is 131 Å². The number of hydrogen-bond donors (Lipinski definition) is 0. The van der Waals surface area contributed by atoms with Crippen molar-refractivity contribution in [3.63, 3.8) is 0 Å². The van der Waals surface area contributed by atoms with Gasteiger partial charge in [0, 0.05) is 13.0 Å². The van der Waals surface area contributed by atoms with Crippen LogP contribution in [0, 0.1) is 5.92 Å². The van der Waals surface area contributed by atoms with Crippen LogP contribution < -0.4 is 0 Å². The Morgan fingerprint density at radius 1 is 1.27 bits per heavy atom. The number of carbonyl (C=O) groups is 2. The predicted molar refractivity (Wildman–Crippen MR) is 79.2 cm³/mol. The van der Waals surface area contributed by atoms with Gasteiger partial charge in [-0.1, -0.05) is 6.08 Å². The van der Waals surface area contributed by atoms with Crippen LogP contribution in [0.5, 0.6) is 0 Å². The highest BCUT2D eigenvalue weighted by molar-refractivity contribution is 5.73. The second-order valence-corrected chi connectivity index (χ2v) is 5.21. The summed E-state index contributed by atoms with van der Waals surface area (Å²) in [5.74, 6) is -0.481. The first kappa shape index (κ1) is 18.4. The summed E-state index contributed by atoms with van der Waals surface area (Å²) >= 11 is 0. The third-order valence-corrected chi connectivity index (χ3v) is 4.02. The normalized spacial score (nSPS) is 28.1. The third-order valence-electron chi connectivity index (χ3n) is 4.02. The second kappa shape index (κ2) is 8.75. The molecule has 0 spiro atoms. The molecule has 1 aliphatic heterocycles. The largest absolute Gasteiger partial charge is 0.469 e. The van der Waals surface area contributed by atoms with Crippen LogP contribution in [0.25, 0.3) is 0 Å². The zero-order valence-corrected chi connectivity index (χ0v) is 13.6. The number of likely N-dealkylation sites (tertiary alicyclic amines) is 1. The minimum Gasteiger partial charge on any atom is -0.469 e. The van der Waals surface area contributed by atoms with E-state index in [4.69, 9.17) is 18.9 Å². The van der Waals surface area contributed by atoms with E-state index in [1.54, 1.807) is 6.08 Å². The van der Waals surface area contributed by atoms with Crippen molar-refractivity contribution in [2.45, 2.75) is 38.0 Å². The zero-order chi connectivity index (χ0) is 16.7. The van der Waals surface area contributed by atoms with E-state index in [0.717, 1.165) is 0 Å². The lowest BCUT2D eigenvalue weighted by Crippen LogP contribution is -2.59. The molecule has 1 saturated heterocycles. The molecule has 1 rings (SSSR count). The standard InChI is InChI=1S/C15H25NO6/c1-6-11-7-13(22-9-19-3)10(2)16(15(18)21-5)12(11)8-14(17)20-4/h6,10-13H,1,7-9H2,2-5H3/t10-,11-,12+,13-/m0/s1. The Morgan fingerprint density at radius 2 is 1.95 bits per heavy atom. The average Bonchev–Trinajstić information content (AvgIpc) is 2.53. The number of methoxy groups -OCH3 is 3. The minimum absolute atomic E-state index is 0.0869. The molecule has 0 aliphatic carbocycles. The molecule has 126 valence electrons. The molecule has 0 radical (unpaired) electrons. The van der Waals surface area contributed by atoms with Crippen LogP contribution in [-0.2, 0) is 23.7 Å². The molecule has 1 amide bonds. The number of rotatable bonds is 6. The van der Waals surface area contributed by atoms with Gasteiger partial charge in [-0.2, -0.15) is 0 Å². The Morgan fingerprint density at radius 3 is 2.45 bits per heavy atom. The number of carbonyl (C=O) groups excluding carboxylic acids is 2. The Kier molecular flexibility index (Phi) is 7.34. The molecule has 0 unspecified atom stereocenters. The van der Waals surface area contributed by atoms with E-state index < -0.39 is 6.09 Å². The summed E-state index contributed by atoms with van der Waals surface area (Å²) in [5, 5.41) is 0. The van der Waals surface area contributed by atoms with Gasteiger partial charge in [0.25, 0.3) is 0 Å². The van der Waals surface area contributed by atoms with E-state index in [9.17, 15) is 9.59 Å². The Bertz CT molecular complexity index is 399. The monoisotopic (exact) mass is 315 g/mol. The van der Waals surface area contributed by atoms with E-state index in [-0.39, 0.29) is 43.3 Å². The summed E-state index contributed by atoms with van der Waals surface area (Å²) in [6.45, 7) is 5.81. The van der Waals surface area contributed by atoms with Gasteiger partial charge in [0.2, 0.25) is 0 Å². The highest BCUT2D eigenvalue weighted by Crippen LogP contribution is 2.33. The van der Waals surface area contributed by atoms with Gasteiger partial charge in [-0.25, -0.2) is 4.79 Å². The molecular weight excluding hydrogens is 290 g/mol. The molecule has 7 nitrogen and oxygen atoms in total. The number of esters is 1. The smallest absolute Gasteiger partial charge is 0.410 e. The number of amides is 1. The minimum atomic E-state index is -0.501. The second-order valence-electron chi connectivity index (χ2n) is 5.21. The highest BCUT2D eigenvalue weighted by Gasteiger charge is 2.44. The van der Waals surface area contributed by atoms with Crippen molar-refractivity contribution in [2.24, 2.45) is 5.92 Å². The van der Waals surface area contributed by atoms with Gasteiger partial charge in [-0.05, 0) is 13.3 Å². The third kappa shape index (κ3) is 4.20. The fourth-order valence-corrected chi connectivity index (χ4v) is 2.84. The predicted octanol–water partition coefficient (Wildman–Crippen LogP) is 1.57. The van der Waals surface area contributed by atoms with Crippen LogP contribution in [0.4, 0.5) is 4.79 Å². The lowest BCUT2D eigenvalue weighted by molar-refractivity contribution is -0.147. The Hall–Kier alpha value is -1.60. The van der Waals surface area contributed by atoms with Crippen LogP contribution in [0.15, 0.2) is 12.7 Å².